The number of hydrogen-bond donors (Lipinski definition) is 1. The van der Waals surface area contributed by atoms with E-state index in [-0.39, 0.29) is 5.60 Å². The molecule has 0 aromatic heterocycles. The van der Waals surface area contributed by atoms with Crippen LogP contribution in [0.3, 0.4) is 0 Å². The summed E-state index contributed by atoms with van der Waals surface area (Å²) in [6.07, 6.45) is 5.94. The van der Waals surface area contributed by atoms with Crippen LogP contribution in [-0.4, -0.2) is 22.4 Å². The number of ether oxygens (including phenoxy) is 1. The fraction of sp³-hybridized carbons (Fsp3) is 1.00. The molecule has 17 heavy (non-hydrogen) atoms. The minimum absolute atomic E-state index is 0.136. The SMILES string of the molecule is CC1(C)C[C@H]2[C@@H]1CC[C@@]1(C)O[C@H]1CCC2(C)O. The number of fused-ring (bicyclic) bond motifs is 2. The molecule has 2 heteroatoms. The average Bonchev–Trinajstić information content (AvgIpc) is 2.83. The average molecular weight is 238 g/mol. The molecule has 0 amide bonds. The van der Waals surface area contributed by atoms with Gasteiger partial charge in [-0.2, -0.15) is 0 Å². The third-order valence-electron chi connectivity index (χ3n) is 5.93. The van der Waals surface area contributed by atoms with E-state index >= 15 is 0 Å². The van der Waals surface area contributed by atoms with Crippen LogP contribution in [0.4, 0.5) is 0 Å². The lowest BCUT2D eigenvalue weighted by molar-refractivity contribution is -0.144. The van der Waals surface area contributed by atoms with E-state index in [1.807, 2.05) is 6.92 Å². The summed E-state index contributed by atoms with van der Waals surface area (Å²) >= 11 is 0. The first-order chi connectivity index (χ1) is 7.75. The first-order valence-electron chi connectivity index (χ1n) is 7.15. The molecule has 2 saturated carbocycles. The molecule has 3 rings (SSSR count). The quantitative estimate of drug-likeness (QED) is 0.658. The zero-order valence-electron chi connectivity index (χ0n) is 11.6. The van der Waals surface area contributed by atoms with Crippen LogP contribution in [-0.2, 0) is 4.74 Å². The summed E-state index contributed by atoms with van der Waals surface area (Å²) < 4.78 is 5.84. The summed E-state index contributed by atoms with van der Waals surface area (Å²) in [5, 5.41) is 10.7. The Hall–Kier alpha value is -0.0800. The monoisotopic (exact) mass is 238 g/mol. The highest BCUT2D eigenvalue weighted by Crippen LogP contribution is 2.60. The molecule has 0 radical (unpaired) electrons. The summed E-state index contributed by atoms with van der Waals surface area (Å²) in [4.78, 5) is 0. The van der Waals surface area contributed by atoms with Crippen molar-refractivity contribution in [2.45, 2.75) is 77.1 Å². The van der Waals surface area contributed by atoms with Gasteiger partial charge in [-0.05, 0) is 63.2 Å². The maximum absolute atomic E-state index is 10.7. The Balaban J connectivity index is 1.81. The second kappa shape index (κ2) is 3.27. The van der Waals surface area contributed by atoms with Crippen molar-refractivity contribution in [1.29, 1.82) is 0 Å². The van der Waals surface area contributed by atoms with Gasteiger partial charge in [0.2, 0.25) is 0 Å². The third kappa shape index (κ3) is 1.76. The standard InChI is InChI=1S/C15H26O2/c1-13(2)9-11-10(13)5-8-15(4)12(17-15)6-7-14(11,3)16/h10-12,16H,5-9H2,1-4H3/t10-,11-,12-,14?,15+/m0/s1. The van der Waals surface area contributed by atoms with Crippen molar-refractivity contribution < 1.29 is 9.84 Å². The molecule has 2 nitrogen and oxygen atoms in total. The highest BCUT2D eigenvalue weighted by molar-refractivity contribution is 5.08. The van der Waals surface area contributed by atoms with E-state index in [9.17, 15) is 5.11 Å². The Bertz CT molecular complexity index is 334. The van der Waals surface area contributed by atoms with Gasteiger partial charge < -0.3 is 9.84 Å². The summed E-state index contributed by atoms with van der Waals surface area (Å²) in [6, 6.07) is 0. The molecule has 1 N–H and O–H groups in total. The van der Waals surface area contributed by atoms with Gasteiger partial charge in [0.15, 0.2) is 0 Å². The molecule has 1 heterocycles. The maximum Gasteiger partial charge on any atom is 0.0920 e. The van der Waals surface area contributed by atoms with E-state index < -0.39 is 5.60 Å². The van der Waals surface area contributed by atoms with Crippen LogP contribution < -0.4 is 0 Å². The number of aliphatic hydroxyl groups is 1. The zero-order chi connectivity index (χ0) is 12.5. The van der Waals surface area contributed by atoms with E-state index in [4.69, 9.17) is 4.74 Å². The lowest BCUT2D eigenvalue weighted by Crippen LogP contribution is -2.54. The van der Waals surface area contributed by atoms with Crippen molar-refractivity contribution in [3.05, 3.63) is 0 Å². The Morgan fingerprint density at radius 2 is 1.71 bits per heavy atom. The predicted octanol–water partition coefficient (Wildman–Crippen LogP) is 3.13. The molecule has 1 unspecified atom stereocenters. The van der Waals surface area contributed by atoms with Crippen LogP contribution in [0, 0.1) is 17.3 Å². The van der Waals surface area contributed by atoms with E-state index in [0.717, 1.165) is 12.8 Å². The third-order valence-corrected chi connectivity index (χ3v) is 5.93. The van der Waals surface area contributed by atoms with Crippen molar-refractivity contribution in [1.82, 2.24) is 0 Å². The van der Waals surface area contributed by atoms with E-state index in [0.29, 0.717) is 23.4 Å². The second-order valence-electron chi connectivity index (χ2n) is 7.76. The van der Waals surface area contributed by atoms with Gasteiger partial charge in [0.05, 0.1) is 17.3 Å². The zero-order valence-corrected chi connectivity index (χ0v) is 11.6. The van der Waals surface area contributed by atoms with Gasteiger partial charge in [0.1, 0.15) is 0 Å². The van der Waals surface area contributed by atoms with Crippen molar-refractivity contribution in [2.75, 3.05) is 0 Å². The minimum Gasteiger partial charge on any atom is -0.390 e. The smallest absolute Gasteiger partial charge is 0.0920 e. The van der Waals surface area contributed by atoms with Gasteiger partial charge in [0, 0.05) is 0 Å². The second-order valence-corrected chi connectivity index (χ2v) is 7.76. The molecule has 0 aromatic rings. The Labute approximate surface area is 105 Å². The molecule has 1 aliphatic heterocycles. The first-order valence-corrected chi connectivity index (χ1v) is 7.15. The van der Waals surface area contributed by atoms with Crippen LogP contribution in [0.5, 0.6) is 0 Å². The Morgan fingerprint density at radius 1 is 1.00 bits per heavy atom. The molecule has 2 aliphatic carbocycles. The molecule has 0 spiro atoms. The lowest BCUT2D eigenvalue weighted by atomic mass is 9.50. The van der Waals surface area contributed by atoms with Gasteiger partial charge in [-0.15, -0.1) is 0 Å². The van der Waals surface area contributed by atoms with Crippen LogP contribution in [0.15, 0.2) is 0 Å². The van der Waals surface area contributed by atoms with Gasteiger partial charge in [0.25, 0.3) is 0 Å². The summed E-state index contributed by atoms with van der Waals surface area (Å²) in [7, 11) is 0. The van der Waals surface area contributed by atoms with Crippen LogP contribution in [0.1, 0.15) is 59.8 Å². The van der Waals surface area contributed by atoms with Crippen molar-refractivity contribution >= 4 is 0 Å². The molecule has 3 fully saturated rings. The van der Waals surface area contributed by atoms with Gasteiger partial charge in [-0.1, -0.05) is 13.8 Å². The molecular formula is C15H26O2. The largest absolute Gasteiger partial charge is 0.390 e. The van der Waals surface area contributed by atoms with Crippen LogP contribution in [0.2, 0.25) is 0 Å². The normalized spacial score (nSPS) is 56.6. The molecule has 5 atom stereocenters. The molecule has 0 bridgehead atoms. The molecule has 3 aliphatic rings. The molecule has 0 aromatic carbocycles. The number of rotatable bonds is 0. The summed E-state index contributed by atoms with van der Waals surface area (Å²) in [5.74, 6) is 1.19. The number of hydrogen-bond acceptors (Lipinski definition) is 2. The molecule has 1 saturated heterocycles. The first kappa shape index (κ1) is 12.0. The van der Waals surface area contributed by atoms with E-state index in [1.54, 1.807) is 0 Å². The van der Waals surface area contributed by atoms with Crippen molar-refractivity contribution in [3.8, 4) is 0 Å². The van der Waals surface area contributed by atoms with Crippen molar-refractivity contribution in [2.24, 2.45) is 17.3 Å². The highest BCUT2D eigenvalue weighted by Gasteiger charge is 2.59. The highest BCUT2D eigenvalue weighted by atomic mass is 16.6. The van der Waals surface area contributed by atoms with E-state index in [2.05, 4.69) is 20.8 Å². The topological polar surface area (TPSA) is 32.8 Å². The summed E-state index contributed by atoms with van der Waals surface area (Å²) in [5.41, 5.74) is 0.0772. The van der Waals surface area contributed by atoms with Crippen molar-refractivity contribution in [3.63, 3.8) is 0 Å². The molecule has 98 valence electrons. The lowest BCUT2D eigenvalue weighted by Gasteiger charge is -2.57. The van der Waals surface area contributed by atoms with Crippen LogP contribution >= 0.6 is 0 Å². The van der Waals surface area contributed by atoms with Gasteiger partial charge in [-0.25, -0.2) is 0 Å². The molecular weight excluding hydrogens is 212 g/mol. The van der Waals surface area contributed by atoms with Gasteiger partial charge >= 0.3 is 0 Å². The predicted molar refractivity (Wildman–Crippen MR) is 67.7 cm³/mol. The maximum atomic E-state index is 10.7. The fourth-order valence-corrected chi connectivity index (χ4v) is 4.42. The van der Waals surface area contributed by atoms with Gasteiger partial charge in [-0.3, -0.25) is 0 Å². The van der Waals surface area contributed by atoms with E-state index in [1.165, 1.54) is 19.3 Å². The van der Waals surface area contributed by atoms with Crippen LogP contribution in [0.25, 0.3) is 0 Å². The fourth-order valence-electron chi connectivity index (χ4n) is 4.42. The Kier molecular flexibility index (Phi) is 2.30. The minimum atomic E-state index is -0.475. The number of epoxide rings is 1. The Morgan fingerprint density at radius 3 is 2.35 bits per heavy atom. The summed E-state index contributed by atoms with van der Waals surface area (Å²) in [6.45, 7) is 9.01.